The van der Waals surface area contributed by atoms with E-state index in [1.54, 1.807) is 17.9 Å². The van der Waals surface area contributed by atoms with Gasteiger partial charge in [0.25, 0.3) is 0 Å². The molecule has 1 aromatic rings. The predicted octanol–water partition coefficient (Wildman–Crippen LogP) is 0.0780. The second-order valence-corrected chi connectivity index (χ2v) is 4.98. The van der Waals surface area contributed by atoms with Crippen LogP contribution in [0.3, 0.4) is 0 Å². The predicted molar refractivity (Wildman–Crippen MR) is 97.1 cm³/mol. The first kappa shape index (κ1) is 18.0. The molecule has 0 aliphatic heterocycles. The van der Waals surface area contributed by atoms with Crippen LogP contribution in [0.5, 0.6) is 0 Å². The van der Waals surface area contributed by atoms with Crippen LogP contribution >= 0.6 is 24.4 Å². The first-order chi connectivity index (χ1) is 10.5. The van der Waals surface area contributed by atoms with Crippen LogP contribution in [0.1, 0.15) is 19.5 Å². The molecule has 120 valence electrons. The Bertz CT molecular complexity index is 590. The fraction of sp³-hybridized carbons (Fsp3) is 0.417. The van der Waals surface area contributed by atoms with Gasteiger partial charge in [0.1, 0.15) is 5.71 Å². The van der Waals surface area contributed by atoms with Crippen LogP contribution < -0.4 is 21.5 Å². The van der Waals surface area contributed by atoms with Crippen molar-refractivity contribution < 1.29 is 0 Å². The van der Waals surface area contributed by atoms with Crippen molar-refractivity contribution in [1.82, 2.24) is 31.3 Å². The molecule has 0 amide bonds. The first-order valence-corrected chi connectivity index (χ1v) is 7.43. The third-order valence-corrected chi connectivity index (χ3v) is 3.10. The topological polar surface area (TPSA) is 90.7 Å². The number of nitrogens with zero attached hydrogens (tertiary/aromatic N) is 4. The van der Waals surface area contributed by atoms with Gasteiger partial charge in [0.05, 0.1) is 11.4 Å². The third kappa shape index (κ3) is 5.37. The molecule has 4 N–H and O–H groups in total. The SMILES string of the molecule is CCNC(=S)N/N=C(/C(C)=N/NC(=S)NC)c1ccnn1C. The Morgan fingerprint density at radius 1 is 1.27 bits per heavy atom. The molecule has 10 heteroatoms. The van der Waals surface area contributed by atoms with E-state index in [1.807, 2.05) is 27.0 Å². The molecule has 0 atom stereocenters. The van der Waals surface area contributed by atoms with Crippen LogP contribution in [0.2, 0.25) is 0 Å². The lowest BCUT2D eigenvalue weighted by atomic mass is 10.2. The maximum atomic E-state index is 5.11. The summed E-state index contributed by atoms with van der Waals surface area (Å²) < 4.78 is 1.70. The zero-order valence-corrected chi connectivity index (χ0v) is 14.6. The van der Waals surface area contributed by atoms with Crippen molar-refractivity contribution in [2.75, 3.05) is 13.6 Å². The van der Waals surface area contributed by atoms with E-state index >= 15 is 0 Å². The van der Waals surface area contributed by atoms with Crippen molar-refractivity contribution in [3.63, 3.8) is 0 Å². The average Bonchev–Trinajstić information content (AvgIpc) is 2.91. The maximum absolute atomic E-state index is 5.11. The lowest BCUT2D eigenvalue weighted by Gasteiger charge is -2.10. The molecule has 0 unspecified atom stereocenters. The lowest BCUT2D eigenvalue weighted by molar-refractivity contribution is 0.759. The molecule has 0 saturated heterocycles. The molecular formula is C12H20N8S2. The number of hydrogen-bond donors (Lipinski definition) is 4. The average molecular weight is 340 g/mol. The summed E-state index contributed by atoms with van der Waals surface area (Å²) in [5, 5.41) is 19.3. The Morgan fingerprint density at radius 2 is 1.95 bits per heavy atom. The summed E-state index contributed by atoms with van der Waals surface area (Å²) >= 11 is 10.1. The summed E-state index contributed by atoms with van der Waals surface area (Å²) in [6.07, 6.45) is 1.69. The molecule has 0 saturated carbocycles. The standard InChI is InChI=1S/C12H20N8S2/c1-5-14-12(22)19-17-10(9-6-7-15-20(9)4)8(2)16-18-11(21)13-3/h6-7H,5H2,1-4H3,(H2,13,18,21)(H2,14,19,22)/b16-8+,17-10-. The molecule has 0 bridgehead atoms. The van der Waals surface area contributed by atoms with Crippen molar-refractivity contribution >= 4 is 46.1 Å². The number of aryl methyl sites for hydroxylation is 1. The zero-order chi connectivity index (χ0) is 16.5. The minimum Gasteiger partial charge on any atom is -0.364 e. The van der Waals surface area contributed by atoms with Gasteiger partial charge < -0.3 is 10.6 Å². The first-order valence-electron chi connectivity index (χ1n) is 6.61. The highest BCUT2D eigenvalue weighted by molar-refractivity contribution is 7.80. The van der Waals surface area contributed by atoms with Gasteiger partial charge in [0.15, 0.2) is 10.2 Å². The highest BCUT2D eigenvalue weighted by atomic mass is 32.1. The van der Waals surface area contributed by atoms with E-state index in [4.69, 9.17) is 24.4 Å². The summed E-state index contributed by atoms with van der Waals surface area (Å²) in [6.45, 7) is 4.48. The van der Waals surface area contributed by atoms with Gasteiger partial charge in [-0.05, 0) is 44.3 Å². The Labute approximate surface area is 140 Å². The lowest BCUT2D eigenvalue weighted by Crippen LogP contribution is -2.34. The molecule has 0 fully saturated rings. The van der Waals surface area contributed by atoms with Crippen LogP contribution in [0.15, 0.2) is 22.5 Å². The summed E-state index contributed by atoms with van der Waals surface area (Å²) in [5.41, 5.74) is 7.55. The van der Waals surface area contributed by atoms with E-state index in [0.717, 1.165) is 5.69 Å². The molecule has 1 rings (SSSR count). The fourth-order valence-corrected chi connectivity index (χ4v) is 1.72. The van der Waals surface area contributed by atoms with Gasteiger partial charge in [0, 0.05) is 26.8 Å². The molecule has 0 aromatic carbocycles. The molecule has 0 aliphatic carbocycles. The van der Waals surface area contributed by atoms with Gasteiger partial charge in [-0.1, -0.05) is 0 Å². The molecule has 0 aliphatic rings. The molecular weight excluding hydrogens is 320 g/mol. The van der Waals surface area contributed by atoms with E-state index in [1.165, 1.54) is 0 Å². The van der Waals surface area contributed by atoms with Crippen molar-refractivity contribution in [1.29, 1.82) is 0 Å². The van der Waals surface area contributed by atoms with Crippen LogP contribution in [-0.2, 0) is 7.05 Å². The highest BCUT2D eigenvalue weighted by Crippen LogP contribution is 2.01. The Morgan fingerprint density at radius 3 is 2.50 bits per heavy atom. The summed E-state index contributed by atoms with van der Waals surface area (Å²) in [7, 11) is 3.54. The maximum Gasteiger partial charge on any atom is 0.186 e. The summed E-state index contributed by atoms with van der Waals surface area (Å²) in [6, 6.07) is 1.84. The Kier molecular flexibility index (Phi) is 7.40. The van der Waals surface area contributed by atoms with Crippen molar-refractivity contribution in [2.24, 2.45) is 17.3 Å². The zero-order valence-electron chi connectivity index (χ0n) is 13.0. The second kappa shape index (κ2) is 9.05. The smallest absolute Gasteiger partial charge is 0.186 e. The normalized spacial score (nSPS) is 11.8. The van der Waals surface area contributed by atoms with Crippen molar-refractivity contribution in [3.8, 4) is 0 Å². The number of aromatic nitrogens is 2. The number of nitrogens with one attached hydrogen (secondary N) is 4. The van der Waals surface area contributed by atoms with E-state index in [-0.39, 0.29) is 0 Å². The van der Waals surface area contributed by atoms with Gasteiger partial charge in [-0.15, -0.1) is 0 Å². The van der Waals surface area contributed by atoms with Crippen LogP contribution in [0.4, 0.5) is 0 Å². The number of thiocarbonyl (C=S) groups is 2. The molecule has 0 spiro atoms. The Balaban J connectivity index is 3.01. The number of hydrazone groups is 2. The van der Waals surface area contributed by atoms with Gasteiger partial charge in [0.2, 0.25) is 0 Å². The minimum atomic E-state index is 0.417. The van der Waals surface area contributed by atoms with Crippen LogP contribution in [0, 0.1) is 0 Å². The van der Waals surface area contributed by atoms with Crippen molar-refractivity contribution in [3.05, 3.63) is 18.0 Å². The van der Waals surface area contributed by atoms with Gasteiger partial charge in [-0.25, -0.2) is 0 Å². The quantitative estimate of drug-likeness (QED) is 0.343. The van der Waals surface area contributed by atoms with E-state index in [2.05, 4.69) is 36.8 Å². The van der Waals surface area contributed by atoms with Crippen LogP contribution in [0.25, 0.3) is 0 Å². The van der Waals surface area contributed by atoms with Crippen molar-refractivity contribution in [2.45, 2.75) is 13.8 Å². The second-order valence-electron chi connectivity index (χ2n) is 4.16. The molecule has 1 aromatic heterocycles. The van der Waals surface area contributed by atoms with E-state index in [0.29, 0.717) is 28.2 Å². The molecule has 22 heavy (non-hydrogen) atoms. The van der Waals surface area contributed by atoms with Gasteiger partial charge in [-0.3, -0.25) is 15.5 Å². The summed E-state index contributed by atoms with van der Waals surface area (Å²) in [4.78, 5) is 0. The van der Waals surface area contributed by atoms with E-state index in [9.17, 15) is 0 Å². The number of rotatable bonds is 5. The van der Waals surface area contributed by atoms with Gasteiger partial charge >= 0.3 is 0 Å². The third-order valence-electron chi connectivity index (χ3n) is 2.57. The molecule has 0 radical (unpaired) electrons. The number of hydrogen-bond acceptors (Lipinski definition) is 5. The highest BCUT2D eigenvalue weighted by Gasteiger charge is 2.12. The van der Waals surface area contributed by atoms with Crippen LogP contribution in [-0.4, -0.2) is 45.0 Å². The monoisotopic (exact) mass is 340 g/mol. The Hall–Kier alpha value is -2.07. The summed E-state index contributed by atoms with van der Waals surface area (Å²) in [5.74, 6) is 0. The molecule has 8 nitrogen and oxygen atoms in total. The molecule has 1 heterocycles. The fourth-order valence-electron chi connectivity index (χ4n) is 1.48. The van der Waals surface area contributed by atoms with E-state index < -0.39 is 0 Å². The minimum absolute atomic E-state index is 0.417. The van der Waals surface area contributed by atoms with Gasteiger partial charge in [-0.2, -0.15) is 15.3 Å². The largest absolute Gasteiger partial charge is 0.364 e.